The van der Waals surface area contributed by atoms with E-state index in [1.165, 1.54) is 0 Å². The van der Waals surface area contributed by atoms with Crippen LogP contribution in [0.4, 0.5) is 4.79 Å². The third-order valence-electron chi connectivity index (χ3n) is 5.75. The van der Waals surface area contributed by atoms with E-state index in [1.807, 2.05) is 62.4 Å². The molecule has 1 aromatic heterocycles. The maximum Gasteiger partial charge on any atom is 0.322 e. The number of benzene rings is 2. The van der Waals surface area contributed by atoms with Crippen molar-refractivity contribution < 1.29 is 14.1 Å². The largest absolute Gasteiger partial charge is 0.497 e. The molecule has 0 fully saturated rings. The molecule has 2 heterocycles. The second-order valence-electron chi connectivity index (χ2n) is 7.95. The molecule has 2 aromatic carbocycles. The first-order valence-electron chi connectivity index (χ1n) is 10.9. The number of carbonyl (C=O) groups excluding carboxylic acids is 1. The van der Waals surface area contributed by atoms with Crippen LogP contribution in [0.5, 0.6) is 5.75 Å². The van der Waals surface area contributed by atoms with E-state index < -0.39 is 6.04 Å². The van der Waals surface area contributed by atoms with Gasteiger partial charge in [-0.3, -0.25) is 4.90 Å². The fourth-order valence-corrected chi connectivity index (χ4v) is 3.84. The summed E-state index contributed by atoms with van der Waals surface area (Å²) in [6.07, 6.45) is 1.90. The quantitative estimate of drug-likeness (QED) is 0.544. The van der Waals surface area contributed by atoms with Crippen LogP contribution in [0.1, 0.15) is 49.7 Å². The van der Waals surface area contributed by atoms with Gasteiger partial charge in [-0.15, -0.1) is 0 Å². The summed E-state index contributed by atoms with van der Waals surface area (Å²) in [5.74, 6) is 1.67. The third-order valence-corrected chi connectivity index (χ3v) is 5.75. The average molecular weight is 433 g/mol. The van der Waals surface area contributed by atoms with Gasteiger partial charge in [0.15, 0.2) is 0 Å². The summed E-state index contributed by atoms with van der Waals surface area (Å²) in [6.45, 7) is 6.71. The molecule has 0 saturated heterocycles. The maximum absolute atomic E-state index is 12.9. The number of methoxy groups -OCH3 is 1. The molecule has 4 rings (SSSR count). The monoisotopic (exact) mass is 432 g/mol. The van der Waals surface area contributed by atoms with Gasteiger partial charge in [0.2, 0.25) is 5.82 Å². The zero-order valence-corrected chi connectivity index (χ0v) is 18.9. The molecule has 0 radical (unpaired) electrons. The van der Waals surface area contributed by atoms with Gasteiger partial charge in [0.05, 0.1) is 18.7 Å². The normalized spacial score (nSPS) is 16.3. The molecule has 7 heteroatoms. The minimum atomic E-state index is -0.405. The van der Waals surface area contributed by atoms with Crippen molar-refractivity contribution in [2.75, 3.05) is 13.7 Å². The van der Waals surface area contributed by atoms with Gasteiger partial charge in [0, 0.05) is 17.8 Å². The van der Waals surface area contributed by atoms with Gasteiger partial charge in [-0.1, -0.05) is 60.5 Å². The summed E-state index contributed by atoms with van der Waals surface area (Å²) >= 11 is 0. The average Bonchev–Trinajstić information content (AvgIpc) is 3.29. The van der Waals surface area contributed by atoms with E-state index in [4.69, 9.17) is 14.2 Å². The van der Waals surface area contributed by atoms with Crippen LogP contribution >= 0.6 is 0 Å². The molecule has 7 nitrogen and oxygen atoms in total. The van der Waals surface area contributed by atoms with Gasteiger partial charge >= 0.3 is 6.03 Å². The number of ether oxygens (including phenoxy) is 1. The van der Waals surface area contributed by atoms with Crippen molar-refractivity contribution >= 4 is 11.6 Å². The standard InChI is InChI=1S/C25H28N4O3/c1-5-6-15-29-17(3)21(22(26-25(29)30)18-11-13-20(31-4)14-12-18)24-27-23(28-32-24)19-9-7-16(2)8-10-19/h7-14,22H,5-6,15H2,1-4H3,(H,26,30). The number of aromatic nitrogens is 2. The number of allylic oxidation sites excluding steroid dienone is 1. The van der Waals surface area contributed by atoms with E-state index in [0.717, 1.165) is 46.6 Å². The molecule has 3 aromatic rings. The fourth-order valence-electron chi connectivity index (χ4n) is 3.84. The van der Waals surface area contributed by atoms with Crippen LogP contribution in [-0.4, -0.2) is 34.7 Å². The van der Waals surface area contributed by atoms with Crippen LogP contribution in [0.25, 0.3) is 17.0 Å². The summed E-state index contributed by atoms with van der Waals surface area (Å²) in [5.41, 5.74) is 4.59. The molecule has 166 valence electrons. The van der Waals surface area contributed by atoms with Gasteiger partial charge in [0.1, 0.15) is 5.75 Å². The first kappa shape index (κ1) is 21.6. The zero-order chi connectivity index (χ0) is 22.7. The molecule has 1 N–H and O–H groups in total. The van der Waals surface area contributed by atoms with E-state index >= 15 is 0 Å². The highest BCUT2D eigenvalue weighted by Gasteiger charge is 2.35. The van der Waals surface area contributed by atoms with Gasteiger partial charge in [0.25, 0.3) is 5.89 Å². The molecular weight excluding hydrogens is 404 g/mol. The number of amides is 2. The number of aryl methyl sites for hydroxylation is 1. The number of unbranched alkanes of at least 4 members (excludes halogenated alkanes) is 1. The highest BCUT2D eigenvalue weighted by atomic mass is 16.5. The Morgan fingerprint density at radius 3 is 2.47 bits per heavy atom. The lowest BCUT2D eigenvalue weighted by Gasteiger charge is -2.35. The van der Waals surface area contributed by atoms with Crippen LogP contribution in [0.3, 0.4) is 0 Å². The minimum Gasteiger partial charge on any atom is -0.497 e. The Bertz CT molecular complexity index is 1120. The molecule has 2 amide bonds. The number of nitrogens with one attached hydrogen (secondary N) is 1. The lowest BCUT2D eigenvalue weighted by molar-refractivity contribution is 0.204. The van der Waals surface area contributed by atoms with E-state index in [2.05, 4.69) is 17.4 Å². The van der Waals surface area contributed by atoms with E-state index in [9.17, 15) is 4.79 Å². The van der Waals surface area contributed by atoms with E-state index in [0.29, 0.717) is 18.3 Å². The Kier molecular flexibility index (Phi) is 6.25. The molecule has 0 saturated carbocycles. The van der Waals surface area contributed by atoms with Crippen molar-refractivity contribution in [1.82, 2.24) is 20.4 Å². The summed E-state index contributed by atoms with van der Waals surface area (Å²) in [7, 11) is 1.63. The molecule has 0 aliphatic carbocycles. The number of carbonyl (C=O) groups is 1. The van der Waals surface area contributed by atoms with Crippen LogP contribution in [0.2, 0.25) is 0 Å². The Labute approximate surface area is 188 Å². The summed E-state index contributed by atoms with van der Waals surface area (Å²) in [4.78, 5) is 19.4. The number of nitrogens with zero attached hydrogens (tertiary/aromatic N) is 3. The Balaban J connectivity index is 1.77. The molecule has 1 aliphatic heterocycles. The second kappa shape index (κ2) is 9.26. The van der Waals surface area contributed by atoms with E-state index in [1.54, 1.807) is 12.0 Å². The number of hydrogen-bond donors (Lipinski definition) is 1. The van der Waals surface area contributed by atoms with Crippen molar-refractivity contribution in [1.29, 1.82) is 0 Å². The van der Waals surface area contributed by atoms with Crippen LogP contribution < -0.4 is 10.1 Å². The minimum absolute atomic E-state index is 0.126. The lowest BCUT2D eigenvalue weighted by Crippen LogP contribution is -2.46. The van der Waals surface area contributed by atoms with Gasteiger partial charge < -0.3 is 14.6 Å². The second-order valence-corrected chi connectivity index (χ2v) is 7.95. The lowest BCUT2D eigenvalue weighted by atomic mass is 9.94. The Morgan fingerprint density at radius 1 is 1.09 bits per heavy atom. The first-order chi connectivity index (χ1) is 15.5. The maximum atomic E-state index is 12.9. The van der Waals surface area contributed by atoms with Crippen LogP contribution in [-0.2, 0) is 0 Å². The topological polar surface area (TPSA) is 80.5 Å². The van der Waals surface area contributed by atoms with Gasteiger partial charge in [-0.25, -0.2) is 4.79 Å². The van der Waals surface area contributed by atoms with Gasteiger partial charge in [-0.2, -0.15) is 4.98 Å². The number of urea groups is 1. The predicted octanol–water partition coefficient (Wildman–Crippen LogP) is 5.35. The fraction of sp³-hybridized carbons (Fsp3) is 0.320. The molecule has 0 spiro atoms. The SMILES string of the molecule is CCCCN1C(=O)NC(c2ccc(OC)cc2)C(c2nc(-c3ccc(C)cc3)no2)=C1C. The summed E-state index contributed by atoms with van der Waals surface area (Å²) in [6, 6.07) is 15.1. The molecule has 0 bridgehead atoms. The molecule has 1 atom stereocenters. The molecular formula is C25H28N4O3. The van der Waals surface area contributed by atoms with Crippen molar-refractivity contribution in [2.45, 2.75) is 39.7 Å². The van der Waals surface area contributed by atoms with Crippen molar-refractivity contribution in [3.63, 3.8) is 0 Å². The number of hydrogen-bond acceptors (Lipinski definition) is 5. The zero-order valence-electron chi connectivity index (χ0n) is 18.9. The molecule has 1 aliphatic rings. The summed E-state index contributed by atoms with van der Waals surface area (Å²) < 4.78 is 11.0. The Morgan fingerprint density at radius 2 is 1.81 bits per heavy atom. The van der Waals surface area contributed by atoms with Crippen molar-refractivity contribution in [3.05, 3.63) is 71.2 Å². The predicted molar refractivity (Wildman–Crippen MR) is 123 cm³/mol. The molecule has 32 heavy (non-hydrogen) atoms. The first-order valence-corrected chi connectivity index (χ1v) is 10.9. The number of rotatable bonds is 7. The Hall–Kier alpha value is -3.61. The van der Waals surface area contributed by atoms with Gasteiger partial charge in [-0.05, 0) is 38.0 Å². The molecule has 1 unspecified atom stereocenters. The summed E-state index contributed by atoms with van der Waals surface area (Å²) in [5, 5.41) is 7.34. The smallest absolute Gasteiger partial charge is 0.322 e. The van der Waals surface area contributed by atoms with Crippen LogP contribution in [0, 0.1) is 6.92 Å². The van der Waals surface area contributed by atoms with Crippen molar-refractivity contribution in [3.8, 4) is 17.1 Å². The highest BCUT2D eigenvalue weighted by molar-refractivity contribution is 5.86. The van der Waals surface area contributed by atoms with E-state index in [-0.39, 0.29) is 6.03 Å². The third kappa shape index (κ3) is 4.23. The van der Waals surface area contributed by atoms with Crippen LogP contribution in [0.15, 0.2) is 58.8 Å². The highest BCUT2D eigenvalue weighted by Crippen LogP contribution is 2.37. The van der Waals surface area contributed by atoms with Crippen molar-refractivity contribution in [2.24, 2.45) is 0 Å².